The van der Waals surface area contributed by atoms with Crippen LogP contribution in [0.1, 0.15) is 5.56 Å². The Kier molecular flexibility index (Phi) is 2.37. The second-order valence-electron chi connectivity index (χ2n) is 3.50. The summed E-state index contributed by atoms with van der Waals surface area (Å²) in [6.07, 6.45) is 1.92. The molecule has 0 amide bonds. The highest BCUT2D eigenvalue weighted by atomic mass is 16.5. The number of nitrogens with one attached hydrogen (secondary N) is 1. The first-order chi connectivity index (χ1) is 7.22. The van der Waals surface area contributed by atoms with Gasteiger partial charge in [0.1, 0.15) is 5.75 Å². The first-order valence-corrected chi connectivity index (χ1v) is 4.80. The smallest absolute Gasteiger partial charge is 0.130 e. The van der Waals surface area contributed by atoms with Gasteiger partial charge < -0.3 is 15.5 Å². The molecule has 1 heterocycles. The molecule has 0 aliphatic carbocycles. The second-order valence-corrected chi connectivity index (χ2v) is 3.50. The number of hydrogen-bond acceptors (Lipinski definition) is 2. The van der Waals surface area contributed by atoms with Crippen molar-refractivity contribution in [3.05, 3.63) is 36.0 Å². The molecule has 3 nitrogen and oxygen atoms in total. The van der Waals surface area contributed by atoms with Crippen molar-refractivity contribution in [1.29, 1.82) is 0 Å². The fourth-order valence-electron chi connectivity index (χ4n) is 1.65. The Balaban J connectivity index is 2.58. The topological polar surface area (TPSA) is 51.0 Å². The van der Waals surface area contributed by atoms with Gasteiger partial charge in [-0.15, -0.1) is 0 Å². The van der Waals surface area contributed by atoms with Crippen molar-refractivity contribution in [2.45, 2.75) is 6.92 Å². The van der Waals surface area contributed by atoms with Crippen molar-refractivity contribution < 1.29 is 4.74 Å². The minimum absolute atomic E-state index is 0.708. The van der Waals surface area contributed by atoms with Gasteiger partial charge in [-0.25, -0.2) is 0 Å². The van der Waals surface area contributed by atoms with E-state index in [4.69, 9.17) is 10.5 Å². The molecule has 0 saturated carbocycles. The molecule has 0 bridgehead atoms. The summed E-state index contributed by atoms with van der Waals surface area (Å²) < 4.78 is 5.30. The number of ether oxygens (including phenoxy) is 1. The van der Waals surface area contributed by atoms with Crippen LogP contribution in [0.25, 0.3) is 11.3 Å². The molecule has 78 valence electrons. The third-order valence-electron chi connectivity index (χ3n) is 2.45. The van der Waals surface area contributed by atoms with E-state index in [2.05, 4.69) is 11.9 Å². The Morgan fingerprint density at radius 1 is 1.27 bits per heavy atom. The molecule has 15 heavy (non-hydrogen) atoms. The molecule has 0 unspecified atom stereocenters. The molecule has 0 aliphatic heterocycles. The number of rotatable bonds is 2. The van der Waals surface area contributed by atoms with E-state index in [0.717, 1.165) is 17.0 Å². The number of methoxy groups -OCH3 is 1. The number of aromatic nitrogens is 1. The van der Waals surface area contributed by atoms with Crippen LogP contribution < -0.4 is 10.5 Å². The van der Waals surface area contributed by atoms with Crippen molar-refractivity contribution in [1.82, 2.24) is 4.98 Å². The quantitative estimate of drug-likeness (QED) is 0.735. The molecular weight excluding hydrogens is 188 g/mol. The minimum atomic E-state index is 0.708. The average Bonchev–Trinajstić information content (AvgIpc) is 2.64. The lowest BCUT2D eigenvalue weighted by Crippen LogP contribution is -1.92. The van der Waals surface area contributed by atoms with Crippen molar-refractivity contribution in [2.24, 2.45) is 0 Å². The van der Waals surface area contributed by atoms with Gasteiger partial charge in [-0.05, 0) is 30.7 Å². The molecule has 1 aromatic heterocycles. The summed E-state index contributed by atoms with van der Waals surface area (Å²) in [7, 11) is 1.65. The molecule has 3 heteroatoms. The predicted molar refractivity (Wildman–Crippen MR) is 61.9 cm³/mol. The van der Waals surface area contributed by atoms with Crippen molar-refractivity contribution in [3.63, 3.8) is 0 Å². The first kappa shape index (κ1) is 9.65. The third-order valence-corrected chi connectivity index (χ3v) is 2.45. The van der Waals surface area contributed by atoms with Gasteiger partial charge in [-0.3, -0.25) is 0 Å². The summed E-state index contributed by atoms with van der Waals surface area (Å²) in [5.74, 6) is 0.792. The maximum atomic E-state index is 5.70. The summed E-state index contributed by atoms with van der Waals surface area (Å²) >= 11 is 0. The van der Waals surface area contributed by atoms with Gasteiger partial charge in [0.25, 0.3) is 0 Å². The zero-order valence-corrected chi connectivity index (χ0v) is 8.87. The van der Waals surface area contributed by atoms with Crippen LogP contribution in [0.4, 0.5) is 5.69 Å². The normalized spacial score (nSPS) is 10.3. The van der Waals surface area contributed by atoms with Crippen LogP contribution in [0.15, 0.2) is 30.5 Å². The lowest BCUT2D eigenvalue weighted by Gasteiger charge is -2.08. The molecule has 1 aromatic carbocycles. The molecule has 0 radical (unpaired) electrons. The number of aryl methyl sites for hydroxylation is 1. The standard InChI is InChI=1S/C12H14N2O/c1-8-5-6-14-12(8)10-4-3-9(13)7-11(10)15-2/h3-7,14H,13H2,1-2H3. The lowest BCUT2D eigenvalue weighted by molar-refractivity contribution is 0.416. The zero-order valence-electron chi connectivity index (χ0n) is 8.87. The summed E-state index contributed by atoms with van der Waals surface area (Å²) in [4.78, 5) is 3.20. The molecule has 0 saturated heterocycles. The van der Waals surface area contributed by atoms with Crippen LogP contribution >= 0.6 is 0 Å². The molecular formula is C12H14N2O. The van der Waals surface area contributed by atoms with E-state index < -0.39 is 0 Å². The number of benzene rings is 1. The van der Waals surface area contributed by atoms with Crippen LogP contribution in [0.5, 0.6) is 5.75 Å². The fourth-order valence-corrected chi connectivity index (χ4v) is 1.65. The highest BCUT2D eigenvalue weighted by molar-refractivity contribution is 5.72. The van der Waals surface area contributed by atoms with Gasteiger partial charge in [0, 0.05) is 23.5 Å². The molecule has 2 rings (SSSR count). The molecule has 2 aromatic rings. The van der Waals surface area contributed by atoms with Gasteiger partial charge in [0.15, 0.2) is 0 Å². The van der Waals surface area contributed by atoms with E-state index in [1.54, 1.807) is 7.11 Å². The Morgan fingerprint density at radius 2 is 2.07 bits per heavy atom. The van der Waals surface area contributed by atoms with E-state index in [0.29, 0.717) is 5.69 Å². The zero-order chi connectivity index (χ0) is 10.8. The summed E-state index contributed by atoms with van der Waals surface area (Å²) in [6, 6.07) is 7.70. The average molecular weight is 202 g/mol. The Bertz CT molecular complexity index is 474. The predicted octanol–water partition coefficient (Wildman–Crippen LogP) is 2.58. The van der Waals surface area contributed by atoms with Gasteiger partial charge in [-0.1, -0.05) is 0 Å². The van der Waals surface area contributed by atoms with Gasteiger partial charge in [0.05, 0.1) is 12.8 Å². The number of hydrogen-bond donors (Lipinski definition) is 2. The van der Waals surface area contributed by atoms with Gasteiger partial charge in [-0.2, -0.15) is 0 Å². The molecule has 3 N–H and O–H groups in total. The number of aromatic amines is 1. The van der Waals surface area contributed by atoms with Crippen molar-refractivity contribution in [3.8, 4) is 17.0 Å². The molecule has 0 atom stereocenters. The third kappa shape index (κ3) is 1.68. The van der Waals surface area contributed by atoms with Crippen LogP contribution in [0, 0.1) is 6.92 Å². The SMILES string of the molecule is COc1cc(N)ccc1-c1[nH]ccc1C. The van der Waals surface area contributed by atoms with Crippen LogP contribution in [-0.4, -0.2) is 12.1 Å². The fraction of sp³-hybridized carbons (Fsp3) is 0.167. The van der Waals surface area contributed by atoms with Crippen LogP contribution in [-0.2, 0) is 0 Å². The Hall–Kier alpha value is -1.90. The van der Waals surface area contributed by atoms with E-state index in [9.17, 15) is 0 Å². The summed E-state index contributed by atoms with van der Waals surface area (Å²) in [6.45, 7) is 2.06. The first-order valence-electron chi connectivity index (χ1n) is 4.80. The summed E-state index contributed by atoms with van der Waals surface area (Å²) in [5.41, 5.74) is 9.72. The summed E-state index contributed by atoms with van der Waals surface area (Å²) in [5, 5.41) is 0. The monoisotopic (exact) mass is 202 g/mol. The van der Waals surface area contributed by atoms with E-state index >= 15 is 0 Å². The number of H-pyrrole nitrogens is 1. The van der Waals surface area contributed by atoms with Crippen LogP contribution in [0.3, 0.4) is 0 Å². The molecule has 0 aliphatic rings. The van der Waals surface area contributed by atoms with E-state index in [1.165, 1.54) is 5.56 Å². The number of nitrogens with two attached hydrogens (primary N) is 1. The highest BCUT2D eigenvalue weighted by Crippen LogP contribution is 2.32. The Labute approximate surface area is 88.9 Å². The van der Waals surface area contributed by atoms with Gasteiger partial charge >= 0.3 is 0 Å². The van der Waals surface area contributed by atoms with Crippen molar-refractivity contribution in [2.75, 3.05) is 12.8 Å². The lowest BCUT2D eigenvalue weighted by atomic mass is 10.1. The largest absolute Gasteiger partial charge is 0.496 e. The van der Waals surface area contributed by atoms with E-state index in [-0.39, 0.29) is 0 Å². The van der Waals surface area contributed by atoms with Gasteiger partial charge in [0.2, 0.25) is 0 Å². The maximum absolute atomic E-state index is 5.70. The number of anilines is 1. The Morgan fingerprint density at radius 3 is 2.67 bits per heavy atom. The van der Waals surface area contributed by atoms with Crippen LogP contribution in [0.2, 0.25) is 0 Å². The van der Waals surface area contributed by atoms with Crippen molar-refractivity contribution >= 4 is 5.69 Å². The van der Waals surface area contributed by atoms with E-state index in [1.807, 2.05) is 30.5 Å². The number of nitrogen functional groups attached to an aromatic ring is 1. The maximum Gasteiger partial charge on any atom is 0.130 e. The minimum Gasteiger partial charge on any atom is -0.496 e. The highest BCUT2D eigenvalue weighted by Gasteiger charge is 2.08. The second kappa shape index (κ2) is 3.69. The molecule has 0 fully saturated rings. The molecule has 0 spiro atoms.